The summed E-state index contributed by atoms with van der Waals surface area (Å²) in [7, 11) is 0. The van der Waals surface area contributed by atoms with Crippen LogP contribution in [0, 0.1) is 17.8 Å². The molecule has 1 fully saturated rings. The van der Waals surface area contributed by atoms with E-state index in [1.807, 2.05) is 0 Å². The second-order valence-corrected chi connectivity index (χ2v) is 7.17. The molecule has 0 aromatic rings. The third-order valence-corrected chi connectivity index (χ3v) is 4.65. The minimum absolute atomic E-state index is 0.464. The molecule has 1 rings (SSSR count). The zero-order valence-electron chi connectivity index (χ0n) is 15.3. The maximum absolute atomic E-state index is 6.18. The summed E-state index contributed by atoms with van der Waals surface area (Å²) in [5.41, 5.74) is 0. The number of hydrogen-bond donors (Lipinski definition) is 0. The summed E-state index contributed by atoms with van der Waals surface area (Å²) in [6.07, 6.45) is 7.49. The number of ether oxygens (including phenoxy) is 3. The summed E-state index contributed by atoms with van der Waals surface area (Å²) in [5.74, 6) is 2.30. The van der Waals surface area contributed by atoms with Gasteiger partial charge < -0.3 is 14.2 Å². The van der Waals surface area contributed by atoms with Gasteiger partial charge in [-0.3, -0.25) is 0 Å². The van der Waals surface area contributed by atoms with Crippen molar-refractivity contribution in [3.8, 4) is 0 Å². The summed E-state index contributed by atoms with van der Waals surface area (Å²) in [6.45, 7) is 13.3. The maximum atomic E-state index is 6.18. The summed E-state index contributed by atoms with van der Waals surface area (Å²) >= 11 is 0. The van der Waals surface area contributed by atoms with E-state index >= 15 is 0 Å². The summed E-state index contributed by atoms with van der Waals surface area (Å²) in [6, 6.07) is 0. The fraction of sp³-hybridized carbons (Fsp3) is 1.00. The van der Waals surface area contributed by atoms with Crippen molar-refractivity contribution in [1.82, 2.24) is 0 Å². The van der Waals surface area contributed by atoms with Gasteiger partial charge in [-0.1, -0.05) is 34.1 Å². The Balaban J connectivity index is 2.00. The molecule has 0 amide bonds. The van der Waals surface area contributed by atoms with Crippen LogP contribution in [-0.2, 0) is 14.2 Å². The second-order valence-electron chi connectivity index (χ2n) is 7.17. The van der Waals surface area contributed by atoms with Crippen LogP contribution in [0.4, 0.5) is 0 Å². The summed E-state index contributed by atoms with van der Waals surface area (Å²) in [5, 5.41) is 0. The Bertz CT molecular complexity index is 255. The number of hydrogen-bond acceptors (Lipinski definition) is 3. The molecule has 1 saturated carbocycles. The standard InChI is InChI=1S/C19H38O3/c1-5-10-20-11-6-12-21-13-7-14-22-19-15-17(4)8-9-18(19)16(2)3/h16-19H,5-15H2,1-4H3. The predicted molar refractivity (Wildman–Crippen MR) is 92.2 cm³/mol. The van der Waals surface area contributed by atoms with Gasteiger partial charge in [-0.15, -0.1) is 0 Å². The van der Waals surface area contributed by atoms with Crippen LogP contribution >= 0.6 is 0 Å². The van der Waals surface area contributed by atoms with E-state index in [2.05, 4.69) is 27.7 Å². The van der Waals surface area contributed by atoms with Crippen molar-refractivity contribution in [1.29, 1.82) is 0 Å². The molecule has 0 N–H and O–H groups in total. The highest BCUT2D eigenvalue weighted by Gasteiger charge is 2.31. The molecule has 3 unspecified atom stereocenters. The minimum atomic E-state index is 0.464. The van der Waals surface area contributed by atoms with Crippen LogP contribution in [0.25, 0.3) is 0 Å². The Morgan fingerprint density at radius 1 is 0.909 bits per heavy atom. The zero-order chi connectivity index (χ0) is 16.2. The lowest BCUT2D eigenvalue weighted by atomic mass is 9.75. The monoisotopic (exact) mass is 314 g/mol. The smallest absolute Gasteiger partial charge is 0.0608 e. The Kier molecular flexibility index (Phi) is 11.2. The van der Waals surface area contributed by atoms with Crippen LogP contribution in [0.5, 0.6) is 0 Å². The van der Waals surface area contributed by atoms with Gasteiger partial charge in [0.05, 0.1) is 6.10 Å². The third kappa shape index (κ3) is 8.50. The SMILES string of the molecule is CCCOCCCOCCCOC1CC(C)CCC1C(C)C. The molecule has 0 spiro atoms. The van der Waals surface area contributed by atoms with E-state index < -0.39 is 0 Å². The molecular formula is C19H38O3. The van der Waals surface area contributed by atoms with Crippen molar-refractivity contribution in [2.75, 3.05) is 33.0 Å². The second kappa shape index (κ2) is 12.3. The number of rotatable bonds is 12. The van der Waals surface area contributed by atoms with Crippen LogP contribution in [0.2, 0.25) is 0 Å². The lowest BCUT2D eigenvalue weighted by molar-refractivity contribution is -0.0447. The average Bonchev–Trinajstić information content (AvgIpc) is 2.49. The highest BCUT2D eigenvalue weighted by molar-refractivity contribution is 4.81. The first-order valence-electron chi connectivity index (χ1n) is 9.42. The van der Waals surface area contributed by atoms with E-state index in [1.54, 1.807) is 0 Å². The van der Waals surface area contributed by atoms with Crippen LogP contribution in [0.15, 0.2) is 0 Å². The molecule has 0 heterocycles. The molecule has 22 heavy (non-hydrogen) atoms. The summed E-state index contributed by atoms with van der Waals surface area (Å²) < 4.78 is 17.3. The van der Waals surface area contributed by atoms with E-state index in [4.69, 9.17) is 14.2 Å². The molecule has 132 valence electrons. The van der Waals surface area contributed by atoms with Crippen LogP contribution in [0.3, 0.4) is 0 Å². The molecule has 0 bridgehead atoms. The normalized spacial score (nSPS) is 25.8. The summed E-state index contributed by atoms with van der Waals surface area (Å²) in [4.78, 5) is 0. The molecule has 0 aromatic heterocycles. The highest BCUT2D eigenvalue weighted by Crippen LogP contribution is 2.35. The van der Waals surface area contributed by atoms with Crippen LogP contribution in [-0.4, -0.2) is 39.1 Å². The van der Waals surface area contributed by atoms with E-state index in [9.17, 15) is 0 Å². The molecule has 0 radical (unpaired) electrons. The van der Waals surface area contributed by atoms with Gasteiger partial charge in [-0.25, -0.2) is 0 Å². The van der Waals surface area contributed by atoms with Crippen LogP contribution < -0.4 is 0 Å². The van der Waals surface area contributed by atoms with Gasteiger partial charge in [0.15, 0.2) is 0 Å². The van der Waals surface area contributed by atoms with Gasteiger partial charge in [0.25, 0.3) is 0 Å². The van der Waals surface area contributed by atoms with Gasteiger partial charge in [0, 0.05) is 33.0 Å². The van der Waals surface area contributed by atoms with Gasteiger partial charge in [0.2, 0.25) is 0 Å². The predicted octanol–water partition coefficient (Wildman–Crippen LogP) is 4.69. The minimum Gasteiger partial charge on any atom is -0.381 e. The largest absolute Gasteiger partial charge is 0.381 e. The highest BCUT2D eigenvalue weighted by atomic mass is 16.5. The maximum Gasteiger partial charge on any atom is 0.0608 e. The lowest BCUT2D eigenvalue weighted by Gasteiger charge is -2.37. The average molecular weight is 315 g/mol. The lowest BCUT2D eigenvalue weighted by Crippen LogP contribution is -2.34. The van der Waals surface area contributed by atoms with E-state index in [0.29, 0.717) is 6.10 Å². The molecule has 0 saturated heterocycles. The van der Waals surface area contributed by atoms with Crippen molar-refractivity contribution in [2.24, 2.45) is 17.8 Å². The Morgan fingerprint density at radius 2 is 1.55 bits per heavy atom. The Morgan fingerprint density at radius 3 is 2.18 bits per heavy atom. The molecule has 3 nitrogen and oxygen atoms in total. The van der Waals surface area contributed by atoms with Gasteiger partial charge in [0.1, 0.15) is 0 Å². The van der Waals surface area contributed by atoms with Crippen molar-refractivity contribution < 1.29 is 14.2 Å². The van der Waals surface area contributed by atoms with Gasteiger partial charge >= 0.3 is 0 Å². The van der Waals surface area contributed by atoms with Crippen molar-refractivity contribution in [3.63, 3.8) is 0 Å². The van der Waals surface area contributed by atoms with Crippen molar-refractivity contribution >= 4 is 0 Å². The zero-order valence-corrected chi connectivity index (χ0v) is 15.3. The first-order valence-corrected chi connectivity index (χ1v) is 9.42. The third-order valence-electron chi connectivity index (χ3n) is 4.65. The van der Waals surface area contributed by atoms with E-state index in [-0.39, 0.29) is 0 Å². The quantitative estimate of drug-likeness (QED) is 0.489. The van der Waals surface area contributed by atoms with Crippen molar-refractivity contribution in [2.45, 2.75) is 72.3 Å². The van der Waals surface area contributed by atoms with E-state index in [0.717, 1.165) is 70.1 Å². The molecule has 3 atom stereocenters. The Hall–Kier alpha value is -0.120. The van der Waals surface area contributed by atoms with Crippen LogP contribution in [0.1, 0.15) is 66.2 Å². The molecule has 0 aromatic carbocycles. The van der Waals surface area contributed by atoms with E-state index in [1.165, 1.54) is 19.3 Å². The topological polar surface area (TPSA) is 27.7 Å². The molecule has 1 aliphatic carbocycles. The molecular weight excluding hydrogens is 276 g/mol. The van der Waals surface area contributed by atoms with Gasteiger partial charge in [-0.2, -0.15) is 0 Å². The molecule has 1 aliphatic rings. The fourth-order valence-corrected chi connectivity index (χ4v) is 3.31. The Labute approximate surface area is 138 Å². The molecule has 3 heteroatoms. The molecule has 0 aliphatic heterocycles. The first-order chi connectivity index (χ1) is 10.6. The van der Waals surface area contributed by atoms with Gasteiger partial charge in [-0.05, 0) is 49.9 Å². The van der Waals surface area contributed by atoms with Crippen molar-refractivity contribution in [3.05, 3.63) is 0 Å². The first kappa shape index (κ1) is 19.9. The fourth-order valence-electron chi connectivity index (χ4n) is 3.31.